The Morgan fingerprint density at radius 3 is 0.650 bits per heavy atom. The monoisotopic (exact) mass is 904 g/mol. The van der Waals surface area contributed by atoms with Crippen molar-refractivity contribution in [2.24, 2.45) is 0 Å². The molecule has 0 bridgehead atoms. The number of halogens is 1. The molecule has 0 fully saturated rings. The Bertz CT molecular complexity index is 802. The molecule has 0 aliphatic heterocycles. The van der Waals surface area contributed by atoms with E-state index >= 15 is 0 Å². The number of nitrogens with zero attached hydrogens (tertiary/aromatic N) is 1. The highest BCUT2D eigenvalue weighted by Crippen LogP contribution is 2.17. The molecule has 0 heterocycles. The lowest BCUT2D eigenvalue weighted by Gasteiger charge is -2.34. The van der Waals surface area contributed by atoms with Crippen LogP contribution in [0.2, 0.25) is 0 Å². The average Bonchev–Trinajstić information content (AvgIpc) is 3.24. The van der Waals surface area contributed by atoms with Crippen LogP contribution in [-0.2, 0) is 0 Å². The predicted molar refractivity (Wildman–Crippen MR) is 273 cm³/mol. The van der Waals surface area contributed by atoms with Crippen LogP contribution in [0.25, 0.3) is 0 Å². The minimum absolute atomic E-state index is 0. The highest BCUT2D eigenvalue weighted by molar-refractivity contribution is 4.83. The van der Waals surface area contributed by atoms with Crippen LogP contribution in [0.1, 0.15) is 310 Å². The van der Waals surface area contributed by atoms with Crippen molar-refractivity contribution in [2.75, 3.05) is 26.7 Å². The van der Waals surface area contributed by atoms with Crippen LogP contribution in [0, 0.1) is 0 Å². The van der Waals surface area contributed by atoms with Gasteiger partial charge in [0.1, 0.15) is 0 Å². The number of unbranched alkanes of at least 4 members (excludes halogenated alkanes) is 40. The Balaban J connectivity index is 0. The molecule has 0 N–H and O–H groups in total. The van der Waals surface area contributed by atoms with Gasteiger partial charge in [0.15, 0.2) is 0 Å². The molecular weight excluding hydrogens is 791 g/mol. The third-order valence-electron chi connectivity index (χ3n) is 13.4. The SMILES string of the molecule is CCCCCCCC/C=C\CCCCCCCC[N+](C)(CC=CCCCCCCCCCCCCCCCCCC)CCCCCCCC/C=C\CCCCCCCC.[Br-]. The molecule has 0 aromatic heterocycles. The standard InChI is InChI=1S/C58H114N.BrH/c1-5-8-11-14-17-20-23-26-29-32-33-34-37-40-43-46-49-52-55-58-59(4,56-53-50-47-44-41-38-35-30-27-24-21-18-15-12-9-6-2)57-54-51-48-45-42-39-36-31-28-25-22-19-16-13-10-7-3;/h27-28,30-31,52,55H,5-26,29,32-51,53-54,56-58H2,1-4H3;1H/q+1;/p-1/b30-27-,31-28-,55-52?;. The molecule has 0 radical (unpaired) electrons. The van der Waals surface area contributed by atoms with Crippen molar-refractivity contribution in [3.63, 3.8) is 0 Å². The predicted octanol–water partition coefficient (Wildman–Crippen LogP) is 17.7. The van der Waals surface area contributed by atoms with Crippen LogP contribution in [0.15, 0.2) is 36.5 Å². The molecule has 0 unspecified atom stereocenters. The summed E-state index contributed by atoms with van der Waals surface area (Å²) in [7, 11) is 2.58. The Morgan fingerprint density at radius 2 is 0.417 bits per heavy atom. The van der Waals surface area contributed by atoms with Gasteiger partial charge in [-0.15, -0.1) is 0 Å². The maximum Gasteiger partial charge on any atom is 0.0971 e. The van der Waals surface area contributed by atoms with Gasteiger partial charge >= 0.3 is 0 Å². The van der Waals surface area contributed by atoms with E-state index < -0.39 is 0 Å². The van der Waals surface area contributed by atoms with Crippen molar-refractivity contribution in [2.45, 2.75) is 310 Å². The van der Waals surface area contributed by atoms with Crippen molar-refractivity contribution in [1.82, 2.24) is 0 Å². The zero-order valence-corrected chi connectivity index (χ0v) is 43.8. The summed E-state index contributed by atoms with van der Waals surface area (Å²) in [6.07, 6.45) is 78.7. The first-order chi connectivity index (χ1) is 29.2. The third kappa shape index (κ3) is 52.0. The molecule has 0 rings (SSSR count). The van der Waals surface area contributed by atoms with Gasteiger partial charge in [0.25, 0.3) is 0 Å². The van der Waals surface area contributed by atoms with Crippen molar-refractivity contribution < 1.29 is 21.5 Å². The van der Waals surface area contributed by atoms with E-state index in [1.165, 1.54) is 313 Å². The van der Waals surface area contributed by atoms with E-state index in [4.69, 9.17) is 0 Å². The number of allylic oxidation sites excluding steroid dienone is 5. The van der Waals surface area contributed by atoms with E-state index in [-0.39, 0.29) is 17.0 Å². The lowest BCUT2D eigenvalue weighted by Crippen LogP contribution is -3.00. The first-order valence-corrected chi connectivity index (χ1v) is 28.0. The van der Waals surface area contributed by atoms with Gasteiger partial charge in [-0.3, -0.25) is 0 Å². The number of hydrogen-bond donors (Lipinski definition) is 0. The fraction of sp³-hybridized carbons (Fsp3) is 0.897. The van der Waals surface area contributed by atoms with Crippen LogP contribution in [0.3, 0.4) is 0 Å². The second kappa shape index (κ2) is 54.8. The molecule has 358 valence electrons. The lowest BCUT2D eigenvalue weighted by molar-refractivity contribution is -0.904. The summed E-state index contributed by atoms with van der Waals surface area (Å²) in [6, 6.07) is 0. The van der Waals surface area contributed by atoms with Gasteiger partial charge < -0.3 is 21.5 Å². The number of rotatable bonds is 51. The normalized spacial score (nSPS) is 12.2. The minimum Gasteiger partial charge on any atom is -1.00 e. The number of quaternary nitrogens is 1. The van der Waals surface area contributed by atoms with E-state index in [1.807, 2.05) is 0 Å². The van der Waals surface area contributed by atoms with Crippen LogP contribution < -0.4 is 17.0 Å². The molecule has 60 heavy (non-hydrogen) atoms. The Kier molecular flexibility index (Phi) is 56.4. The van der Waals surface area contributed by atoms with Gasteiger partial charge in [-0.2, -0.15) is 0 Å². The van der Waals surface area contributed by atoms with Gasteiger partial charge in [0.2, 0.25) is 0 Å². The van der Waals surface area contributed by atoms with Crippen LogP contribution in [0.4, 0.5) is 0 Å². The van der Waals surface area contributed by atoms with Gasteiger partial charge in [-0.25, -0.2) is 0 Å². The minimum atomic E-state index is 0. The molecular formula is C58H114BrN. The van der Waals surface area contributed by atoms with E-state index in [9.17, 15) is 0 Å². The highest BCUT2D eigenvalue weighted by Gasteiger charge is 2.19. The van der Waals surface area contributed by atoms with E-state index in [0.29, 0.717) is 0 Å². The topological polar surface area (TPSA) is 0 Å². The van der Waals surface area contributed by atoms with Crippen molar-refractivity contribution in [3.05, 3.63) is 36.5 Å². The first-order valence-electron chi connectivity index (χ1n) is 28.0. The summed E-state index contributed by atoms with van der Waals surface area (Å²) in [4.78, 5) is 0. The zero-order valence-electron chi connectivity index (χ0n) is 42.2. The van der Waals surface area contributed by atoms with Crippen LogP contribution >= 0.6 is 0 Å². The van der Waals surface area contributed by atoms with E-state index in [1.54, 1.807) is 0 Å². The third-order valence-corrected chi connectivity index (χ3v) is 13.4. The average molecular weight is 905 g/mol. The van der Waals surface area contributed by atoms with Crippen LogP contribution in [0.5, 0.6) is 0 Å². The molecule has 0 spiro atoms. The molecule has 2 heteroatoms. The summed E-state index contributed by atoms with van der Waals surface area (Å²) < 4.78 is 1.27. The summed E-state index contributed by atoms with van der Waals surface area (Å²) in [5.41, 5.74) is 0. The molecule has 0 atom stereocenters. The molecule has 0 aromatic carbocycles. The summed E-state index contributed by atoms with van der Waals surface area (Å²) in [6.45, 7) is 10.9. The quantitative estimate of drug-likeness (QED) is 0.0324. The number of likely N-dealkylation sites (N-methyl/N-ethyl adjacent to an activating group) is 1. The fourth-order valence-corrected chi connectivity index (χ4v) is 9.03. The van der Waals surface area contributed by atoms with E-state index in [2.05, 4.69) is 64.3 Å². The summed E-state index contributed by atoms with van der Waals surface area (Å²) in [5, 5.41) is 0. The van der Waals surface area contributed by atoms with Gasteiger partial charge in [0.05, 0.1) is 26.7 Å². The summed E-state index contributed by atoms with van der Waals surface area (Å²) in [5.74, 6) is 0. The molecule has 0 saturated carbocycles. The first kappa shape index (κ1) is 61.7. The smallest absolute Gasteiger partial charge is 0.0971 e. The second-order valence-corrected chi connectivity index (χ2v) is 19.7. The van der Waals surface area contributed by atoms with Gasteiger partial charge in [-0.1, -0.05) is 250 Å². The summed E-state index contributed by atoms with van der Waals surface area (Å²) >= 11 is 0. The van der Waals surface area contributed by atoms with Crippen LogP contribution in [-0.4, -0.2) is 31.2 Å². The van der Waals surface area contributed by atoms with E-state index in [0.717, 1.165) is 0 Å². The Morgan fingerprint density at radius 1 is 0.233 bits per heavy atom. The van der Waals surface area contributed by atoms with Crippen molar-refractivity contribution >= 4 is 0 Å². The molecule has 0 aromatic rings. The molecule has 0 saturated heterocycles. The van der Waals surface area contributed by atoms with Crippen molar-refractivity contribution in [3.8, 4) is 0 Å². The zero-order chi connectivity index (χ0) is 42.7. The largest absolute Gasteiger partial charge is 1.00 e. The van der Waals surface area contributed by atoms with Crippen molar-refractivity contribution in [1.29, 1.82) is 0 Å². The fourth-order valence-electron chi connectivity index (χ4n) is 9.03. The Labute approximate surface area is 392 Å². The van der Waals surface area contributed by atoms with Gasteiger partial charge in [-0.05, 0) is 96.0 Å². The maximum absolute atomic E-state index is 2.58. The lowest BCUT2D eigenvalue weighted by atomic mass is 10.0. The highest BCUT2D eigenvalue weighted by atomic mass is 79.9. The molecule has 0 aliphatic carbocycles. The maximum atomic E-state index is 2.58. The molecule has 1 nitrogen and oxygen atoms in total. The molecule has 0 amide bonds. The molecule has 0 aliphatic rings. The van der Waals surface area contributed by atoms with Gasteiger partial charge in [0, 0.05) is 0 Å². The number of hydrogen-bond acceptors (Lipinski definition) is 0. The second-order valence-electron chi connectivity index (χ2n) is 19.7. The Hall–Kier alpha value is -0.340.